The zero-order chi connectivity index (χ0) is 35.4. The number of ether oxygens (including phenoxy) is 2. The van der Waals surface area contributed by atoms with Gasteiger partial charge in [0.15, 0.2) is 6.29 Å². The summed E-state index contributed by atoms with van der Waals surface area (Å²) >= 11 is 0. The number of carbonyl (C=O) groups excluding carboxylic acids is 2. The van der Waals surface area contributed by atoms with E-state index in [9.17, 15) is 14.7 Å². The number of nitrogens with zero attached hydrogens (tertiary/aromatic N) is 3. The Hall–Kier alpha value is -4.96. The number of aliphatic hydroxyl groups excluding tert-OH is 1. The molecule has 8 heteroatoms. The van der Waals surface area contributed by atoms with Crippen LogP contribution in [0.4, 0.5) is 0 Å². The first-order valence-electron chi connectivity index (χ1n) is 18.1. The summed E-state index contributed by atoms with van der Waals surface area (Å²) < 4.78 is 13.5. The molecule has 3 aliphatic heterocycles. The third-order valence-electron chi connectivity index (χ3n) is 10.4. The number of carbonyl (C=O) groups is 2. The first-order chi connectivity index (χ1) is 25.5. The highest BCUT2D eigenvalue weighted by molar-refractivity contribution is 6.21. The third-order valence-corrected chi connectivity index (χ3v) is 10.4. The van der Waals surface area contributed by atoms with Crippen molar-refractivity contribution in [2.24, 2.45) is 0 Å². The normalized spacial score (nSPS) is 21.0. The summed E-state index contributed by atoms with van der Waals surface area (Å²) in [7, 11) is 0. The number of fused-ring (bicyclic) bond motifs is 1. The maximum Gasteiger partial charge on any atom is 0.261 e. The molecular weight excluding hydrogens is 651 g/mol. The van der Waals surface area contributed by atoms with E-state index in [0.29, 0.717) is 11.1 Å². The van der Waals surface area contributed by atoms with Crippen molar-refractivity contribution < 1.29 is 24.2 Å². The van der Waals surface area contributed by atoms with E-state index >= 15 is 0 Å². The Labute approximate surface area is 304 Å². The number of imide groups is 1. The van der Waals surface area contributed by atoms with E-state index in [2.05, 4.69) is 52.3 Å². The van der Waals surface area contributed by atoms with Crippen LogP contribution in [0.2, 0.25) is 0 Å². The molecule has 2 fully saturated rings. The molecule has 0 radical (unpaired) electrons. The third kappa shape index (κ3) is 7.48. The molecule has 1 N–H and O–H groups in total. The average molecular weight is 694 g/mol. The van der Waals surface area contributed by atoms with Gasteiger partial charge in [0.05, 0.1) is 36.5 Å². The van der Waals surface area contributed by atoms with Crippen molar-refractivity contribution >= 4 is 11.8 Å². The SMILES string of the molecule is O=C1c2ccccc2C(=O)N1Cc1cccc(-c2cccc([C@H]3O[C@@H](CN4CCN(Cc5ccccc5)CC4)C[C@@H](c4ccc(CO)cc4)O3)c2)c1. The van der Waals surface area contributed by atoms with Crippen LogP contribution in [0.15, 0.2) is 127 Å². The predicted octanol–water partition coefficient (Wildman–Crippen LogP) is 7.01. The minimum atomic E-state index is -0.567. The Bertz CT molecular complexity index is 1990. The van der Waals surface area contributed by atoms with Crippen LogP contribution in [-0.4, -0.2) is 70.4 Å². The Kier molecular flexibility index (Phi) is 10.1. The van der Waals surface area contributed by atoms with Crippen LogP contribution in [0, 0.1) is 0 Å². The van der Waals surface area contributed by atoms with E-state index in [0.717, 1.165) is 79.1 Å². The summed E-state index contributed by atoms with van der Waals surface area (Å²) in [5.74, 6) is -0.521. The Morgan fingerprint density at radius 3 is 1.92 bits per heavy atom. The van der Waals surface area contributed by atoms with Crippen molar-refractivity contribution in [2.45, 2.75) is 44.6 Å². The first-order valence-corrected chi connectivity index (χ1v) is 18.1. The number of rotatable bonds is 10. The molecule has 5 aromatic rings. The van der Waals surface area contributed by atoms with Gasteiger partial charge in [-0.15, -0.1) is 0 Å². The molecule has 0 unspecified atom stereocenters. The minimum absolute atomic E-state index is 0.00268. The lowest BCUT2D eigenvalue weighted by molar-refractivity contribution is -0.253. The van der Waals surface area contributed by atoms with Gasteiger partial charge < -0.3 is 14.6 Å². The Balaban J connectivity index is 0.983. The molecule has 3 aliphatic rings. The van der Waals surface area contributed by atoms with Crippen molar-refractivity contribution in [1.29, 1.82) is 0 Å². The molecular formula is C44H43N3O5. The van der Waals surface area contributed by atoms with Crippen LogP contribution >= 0.6 is 0 Å². The fraction of sp³-hybridized carbons (Fsp3) is 0.273. The first kappa shape index (κ1) is 34.1. The van der Waals surface area contributed by atoms with Crippen LogP contribution in [0.3, 0.4) is 0 Å². The summed E-state index contributed by atoms with van der Waals surface area (Å²) in [6, 6.07) is 41.9. The van der Waals surface area contributed by atoms with Crippen LogP contribution in [-0.2, 0) is 29.2 Å². The maximum atomic E-state index is 13.0. The molecule has 0 bridgehead atoms. The zero-order valence-corrected chi connectivity index (χ0v) is 29.1. The van der Waals surface area contributed by atoms with E-state index in [1.165, 1.54) is 10.5 Å². The van der Waals surface area contributed by atoms with E-state index in [1.807, 2.05) is 60.7 Å². The smallest absolute Gasteiger partial charge is 0.261 e. The van der Waals surface area contributed by atoms with Gasteiger partial charge in [-0.2, -0.15) is 0 Å². The molecule has 2 amide bonds. The molecule has 0 aromatic heterocycles. The average Bonchev–Trinajstić information content (AvgIpc) is 3.44. The number of hydrogen-bond donors (Lipinski definition) is 1. The Morgan fingerprint density at radius 1 is 0.577 bits per heavy atom. The van der Waals surface area contributed by atoms with E-state index in [-0.39, 0.29) is 37.2 Å². The number of piperazine rings is 1. The second kappa shape index (κ2) is 15.3. The molecule has 264 valence electrons. The largest absolute Gasteiger partial charge is 0.392 e. The summed E-state index contributed by atoms with van der Waals surface area (Å²) in [6.07, 6.45) is -0.0307. The van der Waals surface area contributed by atoms with E-state index in [4.69, 9.17) is 9.47 Å². The van der Waals surface area contributed by atoms with Gasteiger partial charge in [0.25, 0.3) is 11.8 Å². The summed E-state index contributed by atoms with van der Waals surface area (Å²) in [4.78, 5) is 32.4. The van der Waals surface area contributed by atoms with Gasteiger partial charge in [-0.3, -0.25) is 24.3 Å². The van der Waals surface area contributed by atoms with E-state index in [1.54, 1.807) is 24.3 Å². The summed E-state index contributed by atoms with van der Waals surface area (Å²) in [5.41, 5.74) is 7.97. The molecule has 2 saturated heterocycles. The molecule has 8 nitrogen and oxygen atoms in total. The van der Waals surface area contributed by atoms with Gasteiger partial charge in [0.1, 0.15) is 0 Å². The number of benzene rings is 5. The molecule has 0 saturated carbocycles. The number of amides is 2. The van der Waals surface area contributed by atoms with Crippen molar-refractivity contribution in [3.8, 4) is 11.1 Å². The predicted molar refractivity (Wildman–Crippen MR) is 199 cm³/mol. The standard InChI is InChI=1S/C44H43N3O5/c48-30-32-16-18-34(19-17-32)41-26-38(29-46-22-20-45(21-23-46)27-31-8-2-1-3-9-31)51-44(52-41)37-13-7-12-36(25-37)35-11-6-10-33(24-35)28-47-42(49)39-14-4-5-15-40(39)43(47)50/h1-19,24-25,38,41,44,48H,20-23,26-30H2/t38-,41+,44+/m1/s1. The molecule has 0 spiro atoms. The van der Waals surface area contributed by atoms with Gasteiger partial charge in [-0.25, -0.2) is 0 Å². The van der Waals surface area contributed by atoms with Crippen LogP contribution in [0.5, 0.6) is 0 Å². The van der Waals surface area contributed by atoms with Crippen LogP contribution in [0.1, 0.15) is 67.3 Å². The number of aliphatic hydroxyl groups is 1. The van der Waals surface area contributed by atoms with E-state index < -0.39 is 6.29 Å². The number of hydrogen-bond acceptors (Lipinski definition) is 7. The van der Waals surface area contributed by atoms with Gasteiger partial charge in [-0.1, -0.05) is 103 Å². The molecule has 5 aromatic carbocycles. The molecule has 0 aliphatic carbocycles. The van der Waals surface area contributed by atoms with Crippen molar-refractivity contribution in [3.63, 3.8) is 0 Å². The lowest BCUT2D eigenvalue weighted by atomic mass is 9.98. The summed E-state index contributed by atoms with van der Waals surface area (Å²) in [6.45, 7) is 6.00. The highest BCUT2D eigenvalue weighted by atomic mass is 16.7. The van der Waals surface area contributed by atoms with Crippen molar-refractivity contribution in [1.82, 2.24) is 14.7 Å². The van der Waals surface area contributed by atoms with Gasteiger partial charge >= 0.3 is 0 Å². The van der Waals surface area contributed by atoms with Crippen LogP contribution in [0.25, 0.3) is 11.1 Å². The van der Waals surface area contributed by atoms with Gasteiger partial charge in [-0.05, 0) is 57.6 Å². The fourth-order valence-corrected chi connectivity index (χ4v) is 7.57. The molecule has 3 atom stereocenters. The molecule has 3 heterocycles. The van der Waals surface area contributed by atoms with Crippen molar-refractivity contribution in [3.05, 3.63) is 166 Å². The topological polar surface area (TPSA) is 82.6 Å². The molecule has 8 rings (SSSR count). The molecule has 52 heavy (non-hydrogen) atoms. The van der Waals surface area contributed by atoms with Crippen molar-refractivity contribution in [2.75, 3.05) is 32.7 Å². The minimum Gasteiger partial charge on any atom is -0.392 e. The quantitative estimate of drug-likeness (QED) is 0.158. The zero-order valence-electron chi connectivity index (χ0n) is 29.1. The fourth-order valence-electron chi connectivity index (χ4n) is 7.57. The van der Waals surface area contributed by atoms with Gasteiger partial charge in [0.2, 0.25) is 0 Å². The van der Waals surface area contributed by atoms with Gasteiger partial charge in [0, 0.05) is 51.3 Å². The maximum absolute atomic E-state index is 13.0. The lowest BCUT2D eigenvalue weighted by Gasteiger charge is -2.41. The Morgan fingerprint density at radius 2 is 1.21 bits per heavy atom. The second-order valence-electron chi connectivity index (χ2n) is 14.0. The lowest BCUT2D eigenvalue weighted by Crippen LogP contribution is -2.49. The van der Waals surface area contributed by atoms with Crippen LogP contribution < -0.4 is 0 Å². The highest BCUT2D eigenvalue weighted by Crippen LogP contribution is 2.39. The summed E-state index contributed by atoms with van der Waals surface area (Å²) in [5, 5.41) is 9.63. The highest BCUT2D eigenvalue weighted by Gasteiger charge is 2.36. The monoisotopic (exact) mass is 693 g/mol. The second-order valence-corrected chi connectivity index (χ2v) is 14.0.